The van der Waals surface area contributed by atoms with Gasteiger partial charge in [-0.15, -0.1) is 0 Å². The number of benzene rings is 2. The van der Waals surface area contributed by atoms with E-state index >= 15 is 0 Å². The topological polar surface area (TPSA) is 46.5 Å². The van der Waals surface area contributed by atoms with Gasteiger partial charge in [0.15, 0.2) is 5.78 Å². The number of ether oxygens (including phenoxy) is 1. The van der Waals surface area contributed by atoms with Crippen LogP contribution >= 0.6 is 0 Å². The van der Waals surface area contributed by atoms with Gasteiger partial charge in [0.2, 0.25) is 0 Å². The van der Waals surface area contributed by atoms with Gasteiger partial charge >= 0.3 is 0 Å². The maximum absolute atomic E-state index is 12.9. The molecule has 2 aromatic carbocycles. The van der Waals surface area contributed by atoms with Gasteiger partial charge in [-0.3, -0.25) is 4.79 Å². The summed E-state index contributed by atoms with van der Waals surface area (Å²) in [6.45, 7) is 4.56. The Morgan fingerprint density at radius 1 is 1.14 bits per heavy atom. The molecule has 1 saturated carbocycles. The Morgan fingerprint density at radius 3 is 2.59 bits per heavy atom. The summed E-state index contributed by atoms with van der Waals surface area (Å²) < 4.78 is 5.85. The molecule has 0 aromatic heterocycles. The first kappa shape index (κ1) is 19.7. The SMILES string of the molecule is CC1=C2CCC[C@H](O)[C@@]2(C)CC(=Cc2ccc(OCc3ccccc3)cc2)C1=O. The van der Waals surface area contributed by atoms with Gasteiger partial charge in [-0.1, -0.05) is 55.0 Å². The van der Waals surface area contributed by atoms with Crippen LogP contribution in [0.5, 0.6) is 5.75 Å². The predicted molar refractivity (Wildman–Crippen MR) is 115 cm³/mol. The van der Waals surface area contributed by atoms with Gasteiger partial charge < -0.3 is 9.84 Å². The molecule has 2 atom stereocenters. The molecule has 0 aliphatic heterocycles. The number of Topliss-reactive ketones (excluding diaryl/α,β-unsaturated/α-hetero) is 1. The van der Waals surface area contributed by atoms with Crippen LogP contribution in [-0.2, 0) is 11.4 Å². The van der Waals surface area contributed by atoms with Crippen LogP contribution in [0.4, 0.5) is 0 Å². The summed E-state index contributed by atoms with van der Waals surface area (Å²) in [5, 5.41) is 10.7. The molecule has 29 heavy (non-hydrogen) atoms. The van der Waals surface area contributed by atoms with Crippen LogP contribution in [0.2, 0.25) is 0 Å². The molecule has 0 saturated heterocycles. The molecule has 2 aliphatic rings. The van der Waals surface area contributed by atoms with Crippen molar-refractivity contribution in [3.05, 3.63) is 82.4 Å². The van der Waals surface area contributed by atoms with Crippen molar-refractivity contribution in [2.24, 2.45) is 5.41 Å². The second-order valence-corrected chi connectivity index (χ2v) is 8.45. The van der Waals surface area contributed by atoms with Gasteiger partial charge in [0.25, 0.3) is 0 Å². The number of carbonyl (C=O) groups is 1. The van der Waals surface area contributed by atoms with Gasteiger partial charge in [-0.2, -0.15) is 0 Å². The lowest BCUT2D eigenvalue weighted by atomic mass is 9.61. The number of ketones is 1. The Labute approximate surface area is 172 Å². The Balaban J connectivity index is 1.52. The van der Waals surface area contributed by atoms with E-state index in [-0.39, 0.29) is 17.3 Å². The number of allylic oxidation sites excluding steroid dienone is 2. The van der Waals surface area contributed by atoms with Crippen molar-refractivity contribution in [3.8, 4) is 5.75 Å². The van der Waals surface area contributed by atoms with Crippen molar-refractivity contribution < 1.29 is 14.6 Å². The molecule has 4 rings (SSSR count). The summed E-state index contributed by atoms with van der Waals surface area (Å²) in [5.41, 5.74) is 4.55. The van der Waals surface area contributed by atoms with E-state index in [4.69, 9.17) is 4.74 Å². The third-order valence-corrected chi connectivity index (χ3v) is 6.44. The number of aliphatic hydroxyl groups is 1. The van der Waals surface area contributed by atoms with E-state index in [9.17, 15) is 9.90 Å². The summed E-state index contributed by atoms with van der Waals surface area (Å²) in [4.78, 5) is 12.9. The van der Waals surface area contributed by atoms with Crippen molar-refractivity contribution in [1.29, 1.82) is 0 Å². The zero-order chi connectivity index (χ0) is 20.4. The zero-order valence-corrected chi connectivity index (χ0v) is 17.2. The van der Waals surface area contributed by atoms with Crippen LogP contribution in [0, 0.1) is 5.41 Å². The van der Waals surface area contributed by atoms with E-state index in [0.29, 0.717) is 13.0 Å². The largest absolute Gasteiger partial charge is 0.489 e. The maximum Gasteiger partial charge on any atom is 0.184 e. The molecule has 0 spiro atoms. The Kier molecular flexibility index (Phi) is 5.42. The second kappa shape index (κ2) is 8.00. The quantitative estimate of drug-likeness (QED) is 0.705. The molecular formula is C26H28O3. The first-order valence-corrected chi connectivity index (χ1v) is 10.4. The average Bonchev–Trinajstić information content (AvgIpc) is 2.74. The first-order chi connectivity index (χ1) is 14.0. The third-order valence-electron chi connectivity index (χ3n) is 6.44. The normalized spacial score (nSPS) is 25.8. The first-order valence-electron chi connectivity index (χ1n) is 10.4. The van der Waals surface area contributed by atoms with Crippen molar-refractivity contribution in [3.63, 3.8) is 0 Å². The number of hydrogen-bond donors (Lipinski definition) is 1. The van der Waals surface area contributed by atoms with E-state index < -0.39 is 0 Å². The molecule has 3 heteroatoms. The average molecular weight is 389 g/mol. The van der Waals surface area contributed by atoms with E-state index in [1.54, 1.807) is 0 Å². The van der Waals surface area contributed by atoms with Crippen LogP contribution in [0.1, 0.15) is 50.7 Å². The maximum atomic E-state index is 12.9. The fourth-order valence-corrected chi connectivity index (χ4v) is 4.69. The van der Waals surface area contributed by atoms with Gasteiger partial charge in [0.05, 0.1) is 6.10 Å². The molecule has 0 radical (unpaired) electrons. The smallest absolute Gasteiger partial charge is 0.184 e. The molecule has 0 bridgehead atoms. The monoisotopic (exact) mass is 388 g/mol. The van der Waals surface area contributed by atoms with Crippen LogP contribution in [-0.4, -0.2) is 17.0 Å². The van der Waals surface area contributed by atoms with Crippen LogP contribution in [0.3, 0.4) is 0 Å². The highest BCUT2D eigenvalue weighted by Gasteiger charge is 2.45. The second-order valence-electron chi connectivity index (χ2n) is 8.45. The summed E-state index contributed by atoms with van der Waals surface area (Å²) >= 11 is 0. The van der Waals surface area contributed by atoms with E-state index in [1.807, 2.05) is 67.6 Å². The van der Waals surface area contributed by atoms with Crippen molar-refractivity contribution in [1.82, 2.24) is 0 Å². The highest BCUT2D eigenvalue weighted by molar-refractivity contribution is 6.12. The molecular weight excluding hydrogens is 360 g/mol. The molecule has 1 N–H and O–H groups in total. The van der Waals surface area contributed by atoms with E-state index in [0.717, 1.165) is 52.9 Å². The minimum atomic E-state index is -0.383. The lowest BCUT2D eigenvalue weighted by Crippen LogP contribution is -2.42. The van der Waals surface area contributed by atoms with Crippen molar-refractivity contribution >= 4 is 11.9 Å². The fraction of sp³-hybridized carbons (Fsp3) is 0.346. The number of rotatable bonds is 4. The van der Waals surface area contributed by atoms with Crippen LogP contribution in [0.25, 0.3) is 6.08 Å². The Bertz CT molecular complexity index is 953. The molecule has 2 aromatic rings. The van der Waals surface area contributed by atoms with Gasteiger partial charge in [0.1, 0.15) is 12.4 Å². The fourth-order valence-electron chi connectivity index (χ4n) is 4.69. The molecule has 1 fully saturated rings. The Hall–Kier alpha value is -2.65. The van der Waals surface area contributed by atoms with Crippen LogP contribution in [0.15, 0.2) is 71.3 Å². The highest BCUT2D eigenvalue weighted by Crippen LogP contribution is 2.50. The molecule has 0 heterocycles. The number of carbonyl (C=O) groups excluding carboxylic acids is 1. The van der Waals surface area contributed by atoms with Gasteiger partial charge in [0, 0.05) is 11.0 Å². The Morgan fingerprint density at radius 2 is 1.86 bits per heavy atom. The lowest BCUT2D eigenvalue weighted by molar-refractivity contribution is -0.113. The number of hydrogen-bond acceptors (Lipinski definition) is 3. The summed E-state index contributed by atoms with van der Waals surface area (Å²) in [7, 11) is 0. The van der Waals surface area contributed by atoms with Gasteiger partial charge in [-0.05, 0) is 67.5 Å². The standard InChI is InChI=1S/C26H28O3/c1-18-23-9-6-10-24(27)26(23,2)16-21(25(18)28)15-19-11-13-22(14-12-19)29-17-20-7-4-3-5-8-20/h3-5,7-8,11-15,24,27H,6,9-10,16-17H2,1-2H3/t24-,26-/m0/s1. The minimum absolute atomic E-state index is 0.121. The molecule has 150 valence electrons. The minimum Gasteiger partial charge on any atom is -0.489 e. The summed E-state index contributed by atoms with van der Waals surface area (Å²) in [6, 6.07) is 17.9. The molecule has 3 nitrogen and oxygen atoms in total. The lowest BCUT2D eigenvalue weighted by Gasteiger charge is -2.45. The molecule has 0 unspecified atom stereocenters. The summed E-state index contributed by atoms with van der Waals surface area (Å²) in [5.74, 6) is 0.926. The number of aliphatic hydroxyl groups excluding tert-OH is 1. The van der Waals surface area contributed by atoms with Crippen molar-refractivity contribution in [2.45, 2.75) is 52.2 Å². The number of fused-ring (bicyclic) bond motifs is 1. The van der Waals surface area contributed by atoms with Crippen molar-refractivity contribution in [2.75, 3.05) is 0 Å². The zero-order valence-electron chi connectivity index (χ0n) is 17.2. The van der Waals surface area contributed by atoms with Crippen LogP contribution < -0.4 is 4.74 Å². The predicted octanol–water partition coefficient (Wildman–Crippen LogP) is 5.49. The van der Waals surface area contributed by atoms with E-state index in [2.05, 4.69) is 6.92 Å². The van der Waals surface area contributed by atoms with Gasteiger partial charge in [-0.25, -0.2) is 0 Å². The summed E-state index contributed by atoms with van der Waals surface area (Å²) in [6.07, 6.45) is 4.88. The third kappa shape index (κ3) is 3.92. The molecule has 2 aliphatic carbocycles. The van der Waals surface area contributed by atoms with E-state index in [1.165, 1.54) is 0 Å². The molecule has 0 amide bonds. The highest BCUT2D eigenvalue weighted by atomic mass is 16.5.